The van der Waals surface area contributed by atoms with Crippen LogP contribution in [-0.2, 0) is 9.53 Å². The van der Waals surface area contributed by atoms with Crippen molar-refractivity contribution in [2.75, 3.05) is 6.61 Å². The summed E-state index contributed by atoms with van der Waals surface area (Å²) < 4.78 is 7.39. The predicted molar refractivity (Wildman–Crippen MR) is 123 cm³/mol. The number of thiazole rings is 1. The highest BCUT2D eigenvalue weighted by Crippen LogP contribution is 2.30. The standard InChI is InChI=1S/C24H19ClN2O3S/c1-3-12-30-23(29)20-15(2)26-24-27(21(20)17-9-5-4-6-10-17)22(28)19(31-24)14-16-8-7-11-18(25)13-16/h3-11,13-14,21H,1,12H2,2H3. The molecule has 0 bridgehead atoms. The Hall–Kier alpha value is -3.22. The van der Waals surface area contributed by atoms with Gasteiger partial charge in [0.25, 0.3) is 5.56 Å². The van der Waals surface area contributed by atoms with Crippen LogP contribution in [0.5, 0.6) is 0 Å². The number of allylic oxidation sites excluding steroid dienone is 1. The Morgan fingerprint density at radius 1 is 1.26 bits per heavy atom. The monoisotopic (exact) mass is 450 g/mol. The molecule has 1 atom stereocenters. The summed E-state index contributed by atoms with van der Waals surface area (Å²) in [5.41, 5.74) is 2.26. The van der Waals surface area contributed by atoms with Gasteiger partial charge in [0.05, 0.1) is 21.8 Å². The van der Waals surface area contributed by atoms with Crippen molar-refractivity contribution in [1.29, 1.82) is 0 Å². The van der Waals surface area contributed by atoms with Crippen LogP contribution < -0.4 is 14.9 Å². The highest BCUT2D eigenvalue weighted by atomic mass is 35.5. The topological polar surface area (TPSA) is 60.7 Å². The van der Waals surface area contributed by atoms with E-state index in [-0.39, 0.29) is 12.2 Å². The number of esters is 1. The number of fused-ring (bicyclic) bond motifs is 1. The average molecular weight is 451 g/mol. The largest absolute Gasteiger partial charge is 0.458 e. The molecule has 156 valence electrons. The van der Waals surface area contributed by atoms with E-state index in [1.807, 2.05) is 42.5 Å². The molecule has 0 aliphatic carbocycles. The van der Waals surface area contributed by atoms with E-state index in [1.54, 1.807) is 29.7 Å². The second kappa shape index (κ2) is 8.88. The van der Waals surface area contributed by atoms with Gasteiger partial charge in [0.2, 0.25) is 0 Å². The summed E-state index contributed by atoms with van der Waals surface area (Å²) in [5.74, 6) is -0.515. The molecule has 1 aliphatic heterocycles. The van der Waals surface area contributed by atoms with Crippen molar-refractivity contribution in [1.82, 2.24) is 4.57 Å². The van der Waals surface area contributed by atoms with Gasteiger partial charge in [-0.25, -0.2) is 9.79 Å². The molecule has 1 unspecified atom stereocenters. The number of aromatic nitrogens is 1. The normalized spacial score (nSPS) is 15.9. The van der Waals surface area contributed by atoms with Crippen LogP contribution in [0, 0.1) is 0 Å². The van der Waals surface area contributed by atoms with Crippen LogP contribution in [0.2, 0.25) is 5.02 Å². The fourth-order valence-corrected chi connectivity index (χ4v) is 4.74. The molecule has 0 saturated heterocycles. The first-order chi connectivity index (χ1) is 15.0. The summed E-state index contributed by atoms with van der Waals surface area (Å²) in [6.07, 6.45) is 3.29. The van der Waals surface area contributed by atoms with Gasteiger partial charge in [-0.2, -0.15) is 0 Å². The zero-order valence-electron chi connectivity index (χ0n) is 16.7. The van der Waals surface area contributed by atoms with Crippen LogP contribution in [0.15, 0.2) is 88.3 Å². The van der Waals surface area contributed by atoms with Crippen LogP contribution in [0.1, 0.15) is 24.1 Å². The number of hydrogen-bond acceptors (Lipinski definition) is 5. The summed E-state index contributed by atoms with van der Waals surface area (Å²) in [7, 11) is 0. The molecule has 0 radical (unpaired) electrons. The fraction of sp³-hybridized carbons (Fsp3) is 0.125. The Morgan fingerprint density at radius 3 is 2.74 bits per heavy atom. The van der Waals surface area contributed by atoms with E-state index in [1.165, 1.54) is 17.4 Å². The third kappa shape index (κ3) is 4.17. The van der Waals surface area contributed by atoms with Gasteiger partial charge < -0.3 is 4.74 Å². The maximum atomic E-state index is 13.4. The Bertz CT molecular complexity index is 1370. The fourth-order valence-electron chi connectivity index (χ4n) is 3.49. The van der Waals surface area contributed by atoms with Crippen LogP contribution in [0.25, 0.3) is 6.08 Å². The number of benzene rings is 2. The van der Waals surface area contributed by atoms with Crippen molar-refractivity contribution in [3.63, 3.8) is 0 Å². The number of rotatable bonds is 5. The molecule has 31 heavy (non-hydrogen) atoms. The number of carbonyl (C=O) groups excluding carboxylic acids is 1. The molecule has 0 spiro atoms. The molecule has 3 aromatic rings. The molecule has 1 aromatic heterocycles. The van der Waals surface area contributed by atoms with Crippen molar-refractivity contribution in [2.24, 2.45) is 4.99 Å². The van der Waals surface area contributed by atoms with Crippen molar-refractivity contribution in [2.45, 2.75) is 13.0 Å². The van der Waals surface area contributed by atoms with Crippen molar-refractivity contribution in [3.05, 3.63) is 114 Å². The van der Waals surface area contributed by atoms with Gasteiger partial charge in [-0.15, -0.1) is 0 Å². The van der Waals surface area contributed by atoms with Gasteiger partial charge in [-0.3, -0.25) is 9.36 Å². The lowest BCUT2D eigenvalue weighted by Gasteiger charge is -2.24. The predicted octanol–water partition coefficient (Wildman–Crippen LogP) is 3.62. The highest BCUT2D eigenvalue weighted by molar-refractivity contribution is 7.07. The third-order valence-corrected chi connectivity index (χ3v) is 6.05. The SMILES string of the molecule is C=CCOC(=O)C1=C(C)N=c2sc(=Cc3cccc(Cl)c3)c(=O)n2C1c1ccccc1. The number of ether oxygens (including phenoxy) is 1. The number of carbonyl (C=O) groups is 1. The number of nitrogens with zero attached hydrogens (tertiary/aromatic N) is 2. The Kier molecular flexibility index (Phi) is 6.02. The van der Waals surface area contributed by atoms with Crippen LogP contribution in [0.3, 0.4) is 0 Å². The summed E-state index contributed by atoms with van der Waals surface area (Å²) in [5, 5.41) is 0.590. The van der Waals surface area contributed by atoms with Crippen molar-refractivity contribution < 1.29 is 9.53 Å². The van der Waals surface area contributed by atoms with E-state index in [4.69, 9.17) is 16.3 Å². The minimum absolute atomic E-state index is 0.0797. The summed E-state index contributed by atoms with van der Waals surface area (Å²) in [4.78, 5) is 31.4. The maximum absolute atomic E-state index is 13.4. The molecular formula is C24H19ClN2O3S. The first-order valence-corrected chi connectivity index (χ1v) is 10.8. The summed E-state index contributed by atoms with van der Waals surface area (Å²) >= 11 is 7.37. The van der Waals surface area contributed by atoms with Gasteiger partial charge in [-0.05, 0) is 36.3 Å². The quantitative estimate of drug-likeness (QED) is 0.440. The van der Waals surface area contributed by atoms with Gasteiger partial charge in [0, 0.05) is 5.02 Å². The van der Waals surface area contributed by atoms with Crippen molar-refractivity contribution >= 4 is 35.0 Å². The average Bonchev–Trinajstić information content (AvgIpc) is 3.06. The minimum atomic E-state index is -0.628. The highest BCUT2D eigenvalue weighted by Gasteiger charge is 2.33. The summed E-state index contributed by atoms with van der Waals surface area (Å²) in [6.45, 7) is 5.43. The molecule has 0 amide bonds. The first kappa shape index (κ1) is 21.0. The van der Waals surface area contributed by atoms with Crippen LogP contribution in [0.4, 0.5) is 0 Å². The Morgan fingerprint density at radius 2 is 2.03 bits per heavy atom. The lowest BCUT2D eigenvalue weighted by Crippen LogP contribution is -2.39. The lowest BCUT2D eigenvalue weighted by molar-refractivity contribution is -0.138. The third-order valence-electron chi connectivity index (χ3n) is 4.84. The zero-order chi connectivity index (χ0) is 22.0. The van der Waals surface area contributed by atoms with Crippen LogP contribution >= 0.6 is 22.9 Å². The molecule has 0 N–H and O–H groups in total. The number of hydrogen-bond donors (Lipinski definition) is 0. The smallest absolute Gasteiger partial charge is 0.338 e. The van der Waals surface area contributed by atoms with Crippen LogP contribution in [-0.4, -0.2) is 17.1 Å². The second-order valence-electron chi connectivity index (χ2n) is 6.93. The zero-order valence-corrected chi connectivity index (χ0v) is 18.3. The molecule has 5 nitrogen and oxygen atoms in total. The van der Waals surface area contributed by atoms with Gasteiger partial charge in [-0.1, -0.05) is 78.1 Å². The summed E-state index contributed by atoms with van der Waals surface area (Å²) in [6, 6.07) is 16.1. The lowest BCUT2D eigenvalue weighted by atomic mass is 9.96. The second-order valence-corrected chi connectivity index (χ2v) is 8.38. The van der Waals surface area contributed by atoms with Crippen molar-refractivity contribution in [3.8, 4) is 0 Å². The van der Waals surface area contributed by atoms with E-state index in [0.717, 1.165) is 11.1 Å². The maximum Gasteiger partial charge on any atom is 0.338 e. The van der Waals surface area contributed by atoms with Gasteiger partial charge >= 0.3 is 5.97 Å². The Balaban J connectivity index is 1.93. The van der Waals surface area contributed by atoms with E-state index >= 15 is 0 Å². The van der Waals surface area contributed by atoms with E-state index in [2.05, 4.69) is 11.6 Å². The molecular weight excluding hydrogens is 432 g/mol. The first-order valence-electron chi connectivity index (χ1n) is 9.60. The molecule has 7 heteroatoms. The molecule has 1 aliphatic rings. The molecule has 0 fully saturated rings. The molecule has 4 rings (SSSR count). The van der Waals surface area contributed by atoms with Gasteiger partial charge in [0.1, 0.15) is 6.61 Å². The minimum Gasteiger partial charge on any atom is -0.458 e. The molecule has 0 saturated carbocycles. The number of halogens is 1. The van der Waals surface area contributed by atoms with E-state index in [9.17, 15) is 9.59 Å². The van der Waals surface area contributed by atoms with Gasteiger partial charge in [0.15, 0.2) is 4.80 Å². The van der Waals surface area contributed by atoms with E-state index < -0.39 is 12.0 Å². The molecule has 2 aromatic carbocycles. The Labute approximate surface area is 187 Å². The van der Waals surface area contributed by atoms with E-state index in [0.29, 0.717) is 25.6 Å². The molecule has 2 heterocycles.